The van der Waals surface area contributed by atoms with Crippen molar-refractivity contribution in [2.24, 2.45) is 10.8 Å². The van der Waals surface area contributed by atoms with Crippen LogP contribution in [0.4, 0.5) is 0 Å². The number of carboxylic acid groups (broad SMARTS) is 1. The summed E-state index contributed by atoms with van der Waals surface area (Å²) in [5.74, 6) is -1.10. The van der Waals surface area contributed by atoms with Gasteiger partial charge in [0.1, 0.15) is 0 Å². The summed E-state index contributed by atoms with van der Waals surface area (Å²) in [5, 5.41) is 18.7. The molecule has 0 amide bonds. The fourth-order valence-corrected chi connectivity index (χ4v) is 2.62. The van der Waals surface area contributed by atoms with Crippen LogP contribution in [0.15, 0.2) is 0 Å². The lowest BCUT2D eigenvalue weighted by Gasteiger charge is -2.48. The second-order valence-electron chi connectivity index (χ2n) is 5.58. The molecule has 2 N–H and O–H groups in total. The highest BCUT2D eigenvalue weighted by molar-refractivity contribution is 5.73. The minimum atomic E-state index is -1.26. The van der Waals surface area contributed by atoms with E-state index in [2.05, 4.69) is 6.92 Å². The monoisotopic (exact) mass is 214 g/mol. The van der Waals surface area contributed by atoms with Gasteiger partial charge in [-0.15, -0.1) is 0 Å². The molecule has 1 unspecified atom stereocenters. The maximum Gasteiger partial charge on any atom is 0.333 e. The van der Waals surface area contributed by atoms with Gasteiger partial charge in [-0.3, -0.25) is 0 Å². The van der Waals surface area contributed by atoms with E-state index in [0.29, 0.717) is 0 Å². The van der Waals surface area contributed by atoms with E-state index in [9.17, 15) is 9.90 Å². The summed E-state index contributed by atoms with van der Waals surface area (Å²) in [4.78, 5) is 10.9. The average Bonchev–Trinajstić information content (AvgIpc) is 2.17. The molecule has 3 nitrogen and oxygen atoms in total. The first kappa shape index (κ1) is 12.5. The van der Waals surface area contributed by atoms with Gasteiger partial charge in [-0.05, 0) is 18.3 Å². The molecular formula is C12H22O3. The van der Waals surface area contributed by atoms with E-state index in [1.54, 1.807) is 0 Å². The third-order valence-corrected chi connectivity index (χ3v) is 4.43. The minimum Gasteiger partial charge on any atom is -0.479 e. The summed E-state index contributed by atoms with van der Waals surface area (Å²) in [6, 6.07) is 0. The number of carboxylic acids is 1. The maximum absolute atomic E-state index is 10.9. The Labute approximate surface area is 91.5 Å². The van der Waals surface area contributed by atoms with Gasteiger partial charge in [0.15, 0.2) is 6.10 Å². The quantitative estimate of drug-likeness (QED) is 0.758. The number of aliphatic hydroxyl groups is 1. The van der Waals surface area contributed by atoms with Crippen LogP contribution in [0.3, 0.4) is 0 Å². The van der Waals surface area contributed by atoms with E-state index < -0.39 is 17.5 Å². The number of rotatable bonds is 3. The van der Waals surface area contributed by atoms with Crippen molar-refractivity contribution in [3.8, 4) is 0 Å². The van der Waals surface area contributed by atoms with Crippen molar-refractivity contribution >= 4 is 5.97 Å². The normalized spacial score (nSPS) is 23.5. The molecule has 0 saturated heterocycles. The Kier molecular flexibility index (Phi) is 3.44. The molecule has 0 aromatic carbocycles. The molecule has 1 rings (SSSR count). The Hall–Kier alpha value is -0.570. The SMILES string of the molecule is CC1(C(C)(C)C(O)C(=O)O)CCCCC1. The van der Waals surface area contributed by atoms with Crippen LogP contribution in [-0.4, -0.2) is 22.3 Å². The summed E-state index contributed by atoms with van der Waals surface area (Å²) in [5.41, 5.74) is -0.609. The number of hydrogen-bond acceptors (Lipinski definition) is 2. The predicted octanol–water partition coefficient (Wildman–Crippen LogP) is 2.43. The van der Waals surface area contributed by atoms with Gasteiger partial charge in [0.2, 0.25) is 0 Å². The molecule has 1 atom stereocenters. The zero-order chi connectivity index (χ0) is 11.7. The first-order valence-corrected chi connectivity index (χ1v) is 5.72. The van der Waals surface area contributed by atoms with Crippen LogP contribution in [0, 0.1) is 10.8 Å². The molecule has 1 saturated carbocycles. The lowest BCUT2D eigenvalue weighted by atomic mass is 9.57. The van der Waals surface area contributed by atoms with E-state index in [1.165, 1.54) is 6.42 Å². The first-order valence-electron chi connectivity index (χ1n) is 5.72. The number of aliphatic hydroxyl groups excluding tert-OH is 1. The van der Waals surface area contributed by atoms with Crippen molar-refractivity contribution in [2.75, 3.05) is 0 Å². The molecule has 0 heterocycles. The Balaban J connectivity index is 2.86. The van der Waals surface area contributed by atoms with Crippen molar-refractivity contribution in [1.82, 2.24) is 0 Å². The molecule has 15 heavy (non-hydrogen) atoms. The predicted molar refractivity (Wildman–Crippen MR) is 58.6 cm³/mol. The first-order chi connectivity index (χ1) is 6.81. The summed E-state index contributed by atoms with van der Waals surface area (Å²) >= 11 is 0. The lowest BCUT2D eigenvalue weighted by Crippen LogP contribution is -2.48. The van der Waals surface area contributed by atoms with Gasteiger partial charge in [-0.1, -0.05) is 40.0 Å². The van der Waals surface area contributed by atoms with Gasteiger partial charge in [0, 0.05) is 5.41 Å². The molecule has 0 aromatic rings. The van der Waals surface area contributed by atoms with Crippen molar-refractivity contribution < 1.29 is 15.0 Å². The van der Waals surface area contributed by atoms with Crippen molar-refractivity contribution in [2.45, 2.75) is 59.0 Å². The van der Waals surface area contributed by atoms with Crippen molar-refractivity contribution in [3.63, 3.8) is 0 Å². The molecule has 1 fully saturated rings. The van der Waals surface area contributed by atoms with Gasteiger partial charge in [-0.2, -0.15) is 0 Å². The Morgan fingerprint density at radius 3 is 2.13 bits per heavy atom. The van der Waals surface area contributed by atoms with Crippen LogP contribution >= 0.6 is 0 Å². The minimum absolute atomic E-state index is 0.0525. The summed E-state index contributed by atoms with van der Waals surface area (Å²) < 4.78 is 0. The highest BCUT2D eigenvalue weighted by Gasteiger charge is 2.48. The molecular weight excluding hydrogens is 192 g/mol. The van der Waals surface area contributed by atoms with Gasteiger partial charge >= 0.3 is 5.97 Å². The topological polar surface area (TPSA) is 57.5 Å². The van der Waals surface area contributed by atoms with Crippen LogP contribution in [0.2, 0.25) is 0 Å². The molecule has 3 heteroatoms. The second-order valence-corrected chi connectivity index (χ2v) is 5.58. The molecule has 0 aliphatic heterocycles. The van der Waals surface area contributed by atoms with Gasteiger partial charge in [0.25, 0.3) is 0 Å². The molecule has 0 aromatic heterocycles. The largest absolute Gasteiger partial charge is 0.479 e. The van der Waals surface area contributed by atoms with Crippen LogP contribution in [-0.2, 0) is 4.79 Å². The molecule has 1 aliphatic carbocycles. The fraction of sp³-hybridized carbons (Fsp3) is 0.917. The summed E-state index contributed by atoms with van der Waals surface area (Å²) in [6.07, 6.45) is 4.29. The molecule has 0 bridgehead atoms. The van der Waals surface area contributed by atoms with E-state index in [4.69, 9.17) is 5.11 Å². The zero-order valence-electron chi connectivity index (χ0n) is 9.92. The van der Waals surface area contributed by atoms with Crippen molar-refractivity contribution in [1.29, 1.82) is 0 Å². The number of aliphatic carboxylic acids is 1. The zero-order valence-corrected chi connectivity index (χ0v) is 9.92. The van der Waals surface area contributed by atoms with E-state index in [1.807, 2.05) is 13.8 Å². The maximum atomic E-state index is 10.9. The van der Waals surface area contributed by atoms with Gasteiger partial charge < -0.3 is 10.2 Å². The van der Waals surface area contributed by atoms with Crippen LogP contribution in [0.25, 0.3) is 0 Å². The highest BCUT2D eigenvalue weighted by atomic mass is 16.4. The molecule has 0 spiro atoms. The Morgan fingerprint density at radius 2 is 1.73 bits per heavy atom. The van der Waals surface area contributed by atoms with Crippen molar-refractivity contribution in [3.05, 3.63) is 0 Å². The smallest absolute Gasteiger partial charge is 0.333 e. The fourth-order valence-electron chi connectivity index (χ4n) is 2.62. The number of carbonyl (C=O) groups is 1. The molecule has 88 valence electrons. The summed E-state index contributed by atoms with van der Waals surface area (Å²) in [7, 11) is 0. The summed E-state index contributed by atoms with van der Waals surface area (Å²) in [6.45, 7) is 5.85. The highest BCUT2D eigenvalue weighted by Crippen LogP contribution is 2.51. The molecule has 0 radical (unpaired) electrons. The Morgan fingerprint density at radius 1 is 1.27 bits per heavy atom. The van der Waals surface area contributed by atoms with Gasteiger partial charge in [0.05, 0.1) is 0 Å². The third-order valence-electron chi connectivity index (χ3n) is 4.43. The number of hydrogen-bond donors (Lipinski definition) is 2. The van der Waals surface area contributed by atoms with Crippen LogP contribution in [0.1, 0.15) is 52.9 Å². The standard InChI is InChI=1S/C12H22O3/c1-11(2,9(13)10(14)15)12(3)7-5-4-6-8-12/h9,13H,4-8H2,1-3H3,(H,14,15). The van der Waals surface area contributed by atoms with E-state index >= 15 is 0 Å². The Bertz CT molecular complexity index is 239. The average molecular weight is 214 g/mol. The van der Waals surface area contributed by atoms with Crippen LogP contribution < -0.4 is 0 Å². The van der Waals surface area contributed by atoms with E-state index in [0.717, 1.165) is 25.7 Å². The van der Waals surface area contributed by atoms with Gasteiger partial charge in [-0.25, -0.2) is 4.79 Å². The molecule has 1 aliphatic rings. The second kappa shape index (κ2) is 4.12. The third kappa shape index (κ3) is 2.17. The lowest BCUT2D eigenvalue weighted by molar-refractivity contribution is -0.161. The van der Waals surface area contributed by atoms with Crippen LogP contribution in [0.5, 0.6) is 0 Å². The van der Waals surface area contributed by atoms with E-state index in [-0.39, 0.29) is 5.41 Å².